The van der Waals surface area contributed by atoms with Crippen LogP contribution in [0.5, 0.6) is 0 Å². The fourth-order valence-electron chi connectivity index (χ4n) is 3.15. The van der Waals surface area contributed by atoms with Crippen LogP contribution in [0, 0.1) is 0 Å². The lowest BCUT2D eigenvalue weighted by Gasteiger charge is -2.28. The molecule has 0 aliphatic heterocycles. The lowest BCUT2D eigenvalue weighted by Crippen LogP contribution is -2.45. The SMILES string of the molecule is CS[C@H]1CCC[C@H]1N(C)C(=O)NCc1cn(-c2ccccc2)nn1. The van der Waals surface area contributed by atoms with Crippen molar-refractivity contribution in [3.8, 4) is 5.69 Å². The van der Waals surface area contributed by atoms with E-state index in [0.717, 1.165) is 17.8 Å². The number of hydrogen-bond acceptors (Lipinski definition) is 4. The molecule has 2 atom stereocenters. The number of para-hydroxylation sites is 1. The second kappa shape index (κ2) is 7.70. The minimum atomic E-state index is -0.0461. The summed E-state index contributed by atoms with van der Waals surface area (Å²) >= 11 is 1.85. The first-order chi connectivity index (χ1) is 11.7. The second-order valence-corrected chi connectivity index (χ2v) is 7.11. The number of aromatic nitrogens is 3. The van der Waals surface area contributed by atoms with Crippen molar-refractivity contribution >= 4 is 17.8 Å². The van der Waals surface area contributed by atoms with E-state index in [4.69, 9.17) is 0 Å². The van der Waals surface area contributed by atoms with Crippen molar-refractivity contribution in [1.29, 1.82) is 0 Å². The first kappa shape index (κ1) is 16.8. The molecule has 0 unspecified atom stereocenters. The number of urea groups is 1. The first-order valence-electron chi connectivity index (χ1n) is 8.19. The predicted octanol–water partition coefficient (Wildman–Crippen LogP) is 2.69. The van der Waals surface area contributed by atoms with Gasteiger partial charge in [-0.2, -0.15) is 11.8 Å². The van der Waals surface area contributed by atoms with Crippen molar-refractivity contribution in [2.45, 2.75) is 37.1 Å². The minimum absolute atomic E-state index is 0.0461. The van der Waals surface area contributed by atoms with Gasteiger partial charge in [-0.3, -0.25) is 0 Å². The van der Waals surface area contributed by atoms with Gasteiger partial charge in [0.15, 0.2) is 0 Å². The van der Waals surface area contributed by atoms with Crippen LogP contribution in [0.25, 0.3) is 5.69 Å². The normalized spacial score (nSPS) is 20.1. The van der Waals surface area contributed by atoms with Gasteiger partial charge >= 0.3 is 6.03 Å². The summed E-state index contributed by atoms with van der Waals surface area (Å²) in [5.41, 5.74) is 1.70. The van der Waals surface area contributed by atoms with E-state index in [0.29, 0.717) is 17.8 Å². The number of nitrogens with one attached hydrogen (secondary N) is 1. The molecule has 3 rings (SSSR count). The Hall–Kier alpha value is -2.02. The smallest absolute Gasteiger partial charge is 0.317 e. The zero-order valence-corrected chi connectivity index (χ0v) is 14.9. The Bertz CT molecular complexity index is 675. The summed E-state index contributed by atoms with van der Waals surface area (Å²) < 4.78 is 1.71. The number of hydrogen-bond donors (Lipinski definition) is 1. The molecular weight excluding hydrogens is 322 g/mol. The maximum atomic E-state index is 12.4. The molecule has 24 heavy (non-hydrogen) atoms. The zero-order chi connectivity index (χ0) is 16.9. The Balaban J connectivity index is 1.56. The van der Waals surface area contributed by atoms with E-state index in [1.54, 1.807) is 4.68 Å². The molecule has 1 saturated carbocycles. The average Bonchev–Trinajstić information content (AvgIpc) is 3.28. The molecule has 0 radical (unpaired) electrons. The Labute approximate surface area is 146 Å². The van der Waals surface area contributed by atoms with E-state index < -0.39 is 0 Å². The van der Waals surface area contributed by atoms with Crippen LogP contribution in [0.15, 0.2) is 36.5 Å². The molecule has 0 spiro atoms. The summed E-state index contributed by atoms with van der Waals surface area (Å²) in [6.45, 7) is 0.382. The third kappa shape index (κ3) is 3.72. The molecule has 0 saturated heterocycles. The Morgan fingerprint density at radius 3 is 2.92 bits per heavy atom. The Morgan fingerprint density at radius 2 is 2.17 bits per heavy atom. The quantitative estimate of drug-likeness (QED) is 0.905. The van der Waals surface area contributed by atoms with Gasteiger partial charge in [0.25, 0.3) is 0 Å². The summed E-state index contributed by atoms with van der Waals surface area (Å²) in [5.74, 6) is 0. The largest absolute Gasteiger partial charge is 0.332 e. The number of amides is 2. The molecule has 1 aromatic carbocycles. The Morgan fingerprint density at radius 1 is 1.38 bits per heavy atom. The average molecular weight is 345 g/mol. The molecule has 1 fully saturated rings. The molecule has 1 heterocycles. The highest BCUT2D eigenvalue weighted by molar-refractivity contribution is 7.99. The van der Waals surface area contributed by atoms with Crippen molar-refractivity contribution in [3.63, 3.8) is 0 Å². The topological polar surface area (TPSA) is 63.1 Å². The lowest BCUT2D eigenvalue weighted by molar-refractivity contribution is 0.191. The fraction of sp³-hybridized carbons (Fsp3) is 0.471. The molecule has 6 nitrogen and oxygen atoms in total. The molecule has 1 N–H and O–H groups in total. The van der Waals surface area contributed by atoms with Crippen molar-refractivity contribution in [2.24, 2.45) is 0 Å². The van der Waals surface area contributed by atoms with E-state index in [-0.39, 0.29) is 6.03 Å². The first-order valence-corrected chi connectivity index (χ1v) is 9.48. The van der Waals surface area contributed by atoms with Crippen LogP contribution in [-0.4, -0.2) is 50.5 Å². The van der Waals surface area contributed by atoms with Gasteiger partial charge in [-0.05, 0) is 31.2 Å². The molecule has 2 aromatic rings. The highest BCUT2D eigenvalue weighted by Crippen LogP contribution is 2.31. The van der Waals surface area contributed by atoms with Crippen LogP contribution in [0.2, 0.25) is 0 Å². The second-order valence-electron chi connectivity index (χ2n) is 6.03. The van der Waals surface area contributed by atoms with Crippen molar-refractivity contribution in [3.05, 3.63) is 42.2 Å². The van der Waals surface area contributed by atoms with Crippen LogP contribution in [-0.2, 0) is 6.54 Å². The van der Waals surface area contributed by atoms with E-state index in [9.17, 15) is 4.79 Å². The number of carbonyl (C=O) groups excluding carboxylic acids is 1. The van der Waals surface area contributed by atoms with Gasteiger partial charge in [0.05, 0.1) is 18.4 Å². The van der Waals surface area contributed by atoms with Crippen LogP contribution < -0.4 is 5.32 Å². The van der Waals surface area contributed by atoms with Crippen LogP contribution >= 0.6 is 11.8 Å². The van der Waals surface area contributed by atoms with E-state index in [1.165, 1.54) is 12.8 Å². The summed E-state index contributed by atoms with van der Waals surface area (Å²) in [7, 11) is 1.88. The molecule has 7 heteroatoms. The van der Waals surface area contributed by atoms with Crippen molar-refractivity contribution in [2.75, 3.05) is 13.3 Å². The maximum Gasteiger partial charge on any atom is 0.317 e. The number of carbonyl (C=O) groups is 1. The summed E-state index contributed by atoms with van der Waals surface area (Å²) in [6, 6.07) is 10.1. The molecule has 1 aliphatic carbocycles. The van der Waals surface area contributed by atoms with E-state index in [1.807, 2.05) is 60.2 Å². The third-order valence-corrected chi connectivity index (χ3v) is 5.68. The summed E-state index contributed by atoms with van der Waals surface area (Å²) in [5, 5.41) is 11.7. The zero-order valence-electron chi connectivity index (χ0n) is 14.1. The fourth-order valence-corrected chi connectivity index (χ4v) is 4.19. The van der Waals surface area contributed by atoms with Crippen LogP contribution in [0.1, 0.15) is 25.0 Å². The van der Waals surface area contributed by atoms with Crippen LogP contribution in [0.3, 0.4) is 0 Å². The highest BCUT2D eigenvalue weighted by atomic mass is 32.2. The standard InChI is InChI=1S/C17H23N5OS/c1-21(15-9-6-10-16(15)24-2)17(23)18-11-13-12-22(20-19-13)14-7-4-3-5-8-14/h3-5,7-8,12,15-16H,6,9-11H2,1-2H3,(H,18,23)/t15-,16+/m1/s1. The predicted molar refractivity (Wildman–Crippen MR) is 96.3 cm³/mol. The number of benzene rings is 1. The van der Waals surface area contributed by atoms with Gasteiger partial charge < -0.3 is 10.2 Å². The molecular formula is C17H23N5OS. The lowest BCUT2D eigenvalue weighted by atomic mass is 10.2. The van der Waals surface area contributed by atoms with E-state index >= 15 is 0 Å². The van der Waals surface area contributed by atoms with Crippen LogP contribution in [0.4, 0.5) is 4.79 Å². The monoisotopic (exact) mass is 345 g/mol. The number of rotatable bonds is 5. The van der Waals surface area contributed by atoms with Gasteiger partial charge in [0, 0.05) is 18.3 Å². The molecule has 128 valence electrons. The van der Waals surface area contributed by atoms with E-state index in [2.05, 4.69) is 21.9 Å². The summed E-state index contributed by atoms with van der Waals surface area (Å²) in [4.78, 5) is 14.2. The van der Waals surface area contributed by atoms with Gasteiger partial charge in [0.2, 0.25) is 0 Å². The maximum absolute atomic E-state index is 12.4. The van der Waals surface area contributed by atoms with Gasteiger partial charge in [0.1, 0.15) is 5.69 Å². The highest BCUT2D eigenvalue weighted by Gasteiger charge is 2.32. The van der Waals surface area contributed by atoms with Crippen molar-refractivity contribution in [1.82, 2.24) is 25.2 Å². The van der Waals surface area contributed by atoms with Gasteiger partial charge in [-0.1, -0.05) is 29.8 Å². The third-order valence-electron chi connectivity index (χ3n) is 4.52. The molecule has 2 amide bonds. The van der Waals surface area contributed by atoms with Gasteiger partial charge in [-0.25, -0.2) is 9.48 Å². The molecule has 1 aliphatic rings. The number of thioether (sulfide) groups is 1. The minimum Gasteiger partial charge on any atom is -0.332 e. The van der Waals surface area contributed by atoms with Gasteiger partial charge in [-0.15, -0.1) is 5.10 Å². The molecule has 0 bridgehead atoms. The summed E-state index contributed by atoms with van der Waals surface area (Å²) in [6.07, 6.45) is 7.43. The molecule has 1 aromatic heterocycles. The Kier molecular flexibility index (Phi) is 5.40. The number of nitrogens with zero attached hydrogens (tertiary/aromatic N) is 4. The van der Waals surface area contributed by atoms with Crippen molar-refractivity contribution < 1.29 is 4.79 Å².